The molecule has 2 aromatic rings. The Morgan fingerprint density at radius 1 is 1.00 bits per heavy atom. The minimum Gasteiger partial charge on any atom is -0.360 e. The molecule has 37 heavy (non-hydrogen) atoms. The van der Waals surface area contributed by atoms with E-state index < -0.39 is 10.2 Å². The third-order valence-corrected chi connectivity index (χ3v) is 10.4. The van der Waals surface area contributed by atoms with Crippen molar-refractivity contribution in [2.75, 3.05) is 13.1 Å². The number of halogens is 1. The predicted molar refractivity (Wildman–Crippen MR) is 134 cm³/mol. The molecule has 0 spiro atoms. The highest BCUT2D eigenvalue weighted by Gasteiger charge is 2.49. The molecule has 2 N–H and O–H groups in total. The molecule has 4 fully saturated rings. The summed E-state index contributed by atoms with van der Waals surface area (Å²) >= 11 is 0. The van der Waals surface area contributed by atoms with E-state index in [4.69, 9.17) is 4.52 Å². The van der Waals surface area contributed by atoms with E-state index in [0.717, 1.165) is 49.8 Å². The third kappa shape index (κ3) is 5.32. The Labute approximate surface area is 216 Å². The van der Waals surface area contributed by atoms with E-state index in [2.05, 4.69) is 15.8 Å². The predicted octanol–water partition coefficient (Wildman–Crippen LogP) is 2.92. The van der Waals surface area contributed by atoms with Crippen molar-refractivity contribution in [2.24, 2.45) is 0 Å². The first-order chi connectivity index (χ1) is 17.9. The fourth-order valence-electron chi connectivity index (χ4n) is 6.13. The first-order valence-corrected chi connectivity index (χ1v) is 14.8. The molecule has 3 atom stereocenters. The normalized spacial score (nSPS) is 27.4. The number of rotatable bonds is 8. The Bertz CT molecular complexity index is 1210. The minimum absolute atomic E-state index is 0.0704. The molecule has 200 valence electrons. The lowest BCUT2D eigenvalue weighted by molar-refractivity contribution is 0.0897. The SMILES string of the molecule is O=C(NC1C[C@H]2CC[C@@H](C1)N2S(=O)(=O)N1CCC(NCc2ccc(F)cc2)CC1)c1cc(C2CC2)on1. The summed E-state index contributed by atoms with van der Waals surface area (Å²) in [6.45, 7) is 1.60. The Kier molecular flexibility index (Phi) is 6.81. The molecule has 2 bridgehead atoms. The number of fused-ring (bicyclic) bond motifs is 2. The second-order valence-corrected chi connectivity index (χ2v) is 12.8. The van der Waals surface area contributed by atoms with Gasteiger partial charge in [0, 0.05) is 55.8 Å². The quantitative estimate of drug-likeness (QED) is 0.543. The molecular formula is C26H34FN5O4S. The van der Waals surface area contributed by atoms with Gasteiger partial charge in [0.05, 0.1) is 0 Å². The van der Waals surface area contributed by atoms with Crippen molar-refractivity contribution in [3.8, 4) is 0 Å². The van der Waals surface area contributed by atoms with Crippen molar-refractivity contribution in [3.63, 3.8) is 0 Å². The van der Waals surface area contributed by atoms with Gasteiger partial charge in [-0.2, -0.15) is 17.0 Å². The second-order valence-electron chi connectivity index (χ2n) is 10.9. The Morgan fingerprint density at radius 3 is 2.32 bits per heavy atom. The largest absolute Gasteiger partial charge is 0.360 e. The topological polar surface area (TPSA) is 108 Å². The summed E-state index contributed by atoms with van der Waals surface area (Å²) in [5, 5.41) is 10.5. The van der Waals surface area contributed by atoms with E-state index in [1.165, 1.54) is 12.1 Å². The average Bonchev–Trinajstić information content (AvgIpc) is 3.55. The van der Waals surface area contributed by atoms with Gasteiger partial charge in [-0.25, -0.2) is 4.39 Å². The van der Waals surface area contributed by atoms with Crippen LogP contribution in [0, 0.1) is 5.82 Å². The number of carbonyl (C=O) groups is 1. The van der Waals surface area contributed by atoms with Crippen LogP contribution in [-0.4, -0.2) is 65.3 Å². The highest BCUT2D eigenvalue weighted by atomic mass is 32.2. The van der Waals surface area contributed by atoms with Gasteiger partial charge in [-0.05, 0) is 69.1 Å². The average molecular weight is 532 g/mol. The van der Waals surface area contributed by atoms with Gasteiger partial charge in [0.2, 0.25) is 0 Å². The summed E-state index contributed by atoms with van der Waals surface area (Å²) in [6, 6.07) is 8.14. The zero-order chi connectivity index (χ0) is 25.6. The molecule has 6 rings (SSSR count). The van der Waals surface area contributed by atoms with E-state index in [-0.39, 0.29) is 35.9 Å². The summed E-state index contributed by atoms with van der Waals surface area (Å²) in [6.07, 6.45) is 6.51. The molecule has 1 unspecified atom stereocenters. The van der Waals surface area contributed by atoms with Crippen LogP contribution in [0.1, 0.15) is 79.1 Å². The molecule has 1 aromatic carbocycles. The van der Waals surface area contributed by atoms with Crippen molar-refractivity contribution in [1.29, 1.82) is 0 Å². The smallest absolute Gasteiger partial charge is 0.282 e. The van der Waals surface area contributed by atoms with Crippen molar-refractivity contribution in [1.82, 2.24) is 24.4 Å². The molecule has 1 amide bonds. The maximum atomic E-state index is 13.6. The Balaban J connectivity index is 1.01. The molecule has 11 heteroatoms. The summed E-state index contributed by atoms with van der Waals surface area (Å²) in [4.78, 5) is 12.7. The lowest BCUT2D eigenvalue weighted by Crippen LogP contribution is -2.57. The first-order valence-electron chi connectivity index (χ1n) is 13.4. The molecule has 4 heterocycles. The van der Waals surface area contributed by atoms with Crippen LogP contribution < -0.4 is 10.6 Å². The third-order valence-electron chi connectivity index (χ3n) is 8.30. The number of piperidine rings is 2. The number of aromatic nitrogens is 1. The van der Waals surface area contributed by atoms with E-state index in [0.29, 0.717) is 44.1 Å². The molecule has 4 aliphatic rings. The van der Waals surface area contributed by atoms with Crippen LogP contribution in [0.15, 0.2) is 34.9 Å². The van der Waals surface area contributed by atoms with Crippen LogP contribution in [0.3, 0.4) is 0 Å². The Hall–Kier alpha value is -2.34. The van der Waals surface area contributed by atoms with Gasteiger partial charge >= 0.3 is 0 Å². The van der Waals surface area contributed by atoms with Crippen LogP contribution in [0.2, 0.25) is 0 Å². The zero-order valence-electron chi connectivity index (χ0n) is 20.8. The lowest BCUT2D eigenvalue weighted by atomic mass is 9.99. The monoisotopic (exact) mass is 531 g/mol. The molecule has 0 radical (unpaired) electrons. The second kappa shape index (κ2) is 10.1. The maximum Gasteiger partial charge on any atom is 0.282 e. The molecule has 9 nitrogen and oxygen atoms in total. The summed E-state index contributed by atoms with van der Waals surface area (Å²) in [5.41, 5.74) is 1.31. The number of amides is 1. The van der Waals surface area contributed by atoms with Crippen molar-refractivity contribution in [3.05, 3.63) is 53.2 Å². The van der Waals surface area contributed by atoms with E-state index in [1.807, 2.05) is 0 Å². The van der Waals surface area contributed by atoms with E-state index in [1.54, 1.807) is 26.8 Å². The van der Waals surface area contributed by atoms with Crippen molar-refractivity contribution < 1.29 is 22.1 Å². The molecule has 1 aliphatic carbocycles. The zero-order valence-corrected chi connectivity index (χ0v) is 21.6. The molecular weight excluding hydrogens is 497 g/mol. The van der Waals surface area contributed by atoms with Gasteiger partial charge in [-0.1, -0.05) is 17.3 Å². The number of benzene rings is 1. The van der Waals surface area contributed by atoms with Crippen LogP contribution in [0.5, 0.6) is 0 Å². The minimum atomic E-state index is -3.56. The van der Waals surface area contributed by atoms with Crippen LogP contribution in [0.25, 0.3) is 0 Å². The standard InChI is InChI=1S/C26H34FN5O4S/c27-19-5-1-17(2-6-19)16-28-20-9-11-31(12-10-20)37(34,35)32-22-7-8-23(32)14-21(13-22)29-26(33)24-15-25(36-30-24)18-3-4-18/h1-2,5-6,15,18,20-23,28H,3-4,7-14,16H2,(H,29,33)/t21?,22-,23+. The number of hydrogen-bond donors (Lipinski definition) is 2. The number of nitrogens with one attached hydrogen (secondary N) is 2. The molecule has 1 saturated carbocycles. The summed E-state index contributed by atoms with van der Waals surface area (Å²) in [5.74, 6) is 0.682. The number of carbonyl (C=O) groups excluding carboxylic acids is 1. The highest BCUT2D eigenvalue weighted by Crippen LogP contribution is 2.41. The van der Waals surface area contributed by atoms with Gasteiger partial charge in [0.25, 0.3) is 16.1 Å². The van der Waals surface area contributed by atoms with Gasteiger partial charge in [-0.15, -0.1) is 0 Å². The van der Waals surface area contributed by atoms with Crippen molar-refractivity contribution in [2.45, 2.75) is 88.0 Å². The first kappa shape index (κ1) is 25.0. The highest BCUT2D eigenvalue weighted by molar-refractivity contribution is 7.86. The molecule has 3 saturated heterocycles. The van der Waals surface area contributed by atoms with Crippen molar-refractivity contribution >= 4 is 16.1 Å². The van der Waals surface area contributed by atoms with Crippen LogP contribution in [0.4, 0.5) is 4.39 Å². The van der Waals surface area contributed by atoms with Gasteiger partial charge in [-0.3, -0.25) is 4.79 Å². The van der Waals surface area contributed by atoms with Gasteiger partial charge < -0.3 is 15.2 Å². The summed E-state index contributed by atoms with van der Waals surface area (Å²) in [7, 11) is -3.56. The van der Waals surface area contributed by atoms with E-state index >= 15 is 0 Å². The number of hydrogen-bond acceptors (Lipinski definition) is 6. The fourth-order valence-corrected chi connectivity index (χ4v) is 8.21. The maximum absolute atomic E-state index is 13.6. The van der Waals surface area contributed by atoms with Crippen LogP contribution >= 0.6 is 0 Å². The van der Waals surface area contributed by atoms with Gasteiger partial charge in [0.1, 0.15) is 11.6 Å². The lowest BCUT2D eigenvalue weighted by Gasteiger charge is -2.42. The fraction of sp³-hybridized carbons (Fsp3) is 0.615. The van der Waals surface area contributed by atoms with Crippen LogP contribution in [-0.2, 0) is 16.8 Å². The van der Waals surface area contributed by atoms with E-state index in [9.17, 15) is 17.6 Å². The number of nitrogens with zero attached hydrogens (tertiary/aromatic N) is 3. The molecule has 1 aromatic heterocycles. The van der Waals surface area contributed by atoms with Gasteiger partial charge in [0.15, 0.2) is 5.69 Å². The summed E-state index contributed by atoms with van der Waals surface area (Å²) < 4.78 is 49.0. The molecule has 3 aliphatic heterocycles. The Morgan fingerprint density at radius 2 is 1.68 bits per heavy atom.